The van der Waals surface area contributed by atoms with Gasteiger partial charge in [0.1, 0.15) is 11.9 Å². The molecule has 0 atom stereocenters. The van der Waals surface area contributed by atoms with Crippen LogP contribution in [0.4, 0.5) is 4.79 Å². The van der Waals surface area contributed by atoms with E-state index in [9.17, 15) is 4.79 Å². The van der Waals surface area contributed by atoms with Crippen molar-refractivity contribution in [1.82, 2.24) is 25.0 Å². The Bertz CT molecular complexity index is 764. The zero-order valence-electron chi connectivity index (χ0n) is 16.6. The summed E-state index contributed by atoms with van der Waals surface area (Å²) in [4.78, 5) is 18.4. The number of piperidine rings is 1. The molecule has 1 N–H and O–H groups in total. The lowest BCUT2D eigenvalue weighted by Gasteiger charge is -2.32. The van der Waals surface area contributed by atoms with Crippen molar-refractivity contribution in [3.63, 3.8) is 0 Å². The first kappa shape index (κ1) is 19.2. The van der Waals surface area contributed by atoms with Gasteiger partial charge >= 0.3 is 6.03 Å². The number of ether oxygens (including phenoxy) is 1. The highest BCUT2D eigenvalue weighted by atomic mass is 16.5. The molecule has 7 heteroatoms. The second kappa shape index (κ2) is 8.41. The zero-order chi connectivity index (χ0) is 19.4. The molecule has 146 valence electrons. The molecular formula is C20H29N5O2. The van der Waals surface area contributed by atoms with Crippen LogP contribution in [0.3, 0.4) is 0 Å². The molecule has 0 bridgehead atoms. The molecule has 1 fully saturated rings. The van der Waals surface area contributed by atoms with Gasteiger partial charge in [0.05, 0.1) is 5.69 Å². The highest BCUT2D eigenvalue weighted by Gasteiger charge is 2.24. The number of hydrogen-bond acceptors (Lipinski definition) is 4. The molecule has 3 heterocycles. The predicted octanol–water partition coefficient (Wildman–Crippen LogP) is 3.23. The van der Waals surface area contributed by atoms with E-state index in [0.717, 1.165) is 35.5 Å². The molecule has 0 aliphatic carbocycles. The van der Waals surface area contributed by atoms with Crippen molar-refractivity contribution in [2.45, 2.75) is 59.2 Å². The SMILES string of the molecule is Cc1nn(C(C)C)c(C)c1CNC(=O)N1CCC(Oc2ccncc2)CC1. The molecule has 7 nitrogen and oxygen atoms in total. The summed E-state index contributed by atoms with van der Waals surface area (Å²) in [7, 11) is 0. The van der Waals surface area contributed by atoms with Crippen molar-refractivity contribution in [1.29, 1.82) is 0 Å². The van der Waals surface area contributed by atoms with E-state index < -0.39 is 0 Å². The van der Waals surface area contributed by atoms with Gasteiger partial charge in [0.2, 0.25) is 0 Å². The number of carbonyl (C=O) groups excluding carboxylic acids is 1. The number of nitrogens with one attached hydrogen (secondary N) is 1. The minimum atomic E-state index is -0.0199. The van der Waals surface area contributed by atoms with Crippen LogP contribution in [0.15, 0.2) is 24.5 Å². The molecule has 2 aromatic rings. The Hall–Kier alpha value is -2.57. The number of likely N-dealkylation sites (tertiary alicyclic amines) is 1. The molecule has 3 rings (SSSR count). The quantitative estimate of drug-likeness (QED) is 0.876. The standard InChI is InChI=1S/C20H29N5O2/c1-14(2)25-16(4)19(15(3)23-25)13-22-20(26)24-11-7-18(8-12-24)27-17-5-9-21-10-6-17/h5-6,9-10,14,18H,7-8,11-13H2,1-4H3,(H,22,26). The van der Waals surface area contributed by atoms with Crippen LogP contribution in [0.5, 0.6) is 5.75 Å². The van der Waals surface area contributed by atoms with Crippen LogP contribution in [0.1, 0.15) is 49.7 Å². The Morgan fingerprint density at radius 2 is 1.93 bits per heavy atom. The molecule has 0 aromatic carbocycles. The van der Waals surface area contributed by atoms with E-state index >= 15 is 0 Å². The Balaban J connectivity index is 1.49. The number of rotatable bonds is 5. The number of pyridine rings is 1. The van der Waals surface area contributed by atoms with E-state index in [1.807, 2.05) is 28.6 Å². The van der Waals surface area contributed by atoms with E-state index in [2.05, 4.69) is 36.2 Å². The third-order valence-corrected chi connectivity index (χ3v) is 5.06. The second-order valence-electron chi connectivity index (χ2n) is 7.33. The van der Waals surface area contributed by atoms with Crippen LogP contribution in [-0.4, -0.2) is 44.9 Å². The minimum Gasteiger partial charge on any atom is -0.490 e. The molecule has 0 spiro atoms. The fourth-order valence-electron chi connectivity index (χ4n) is 3.52. The van der Waals surface area contributed by atoms with Gasteiger partial charge in [0.15, 0.2) is 0 Å². The number of amides is 2. The fourth-order valence-corrected chi connectivity index (χ4v) is 3.52. The smallest absolute Gasteiger partial charge is 0.317 e. The van der Waals surface area contributed by atoms with Crippen molar-refractivity contribution in [2.75, 3.05) is 13.1 Å². The van der Waals surface area contributed by atoms with Gasteiger partial charge in [-0.15, -0.1) is 0 Å². The number of aromatic nitrogens is 3. The van der Waals surface area contributed by atoms with E-state index in [4.69, 9.17) is 4.74 Å². The summed E-state index contributed by atoms with van der Waals surface area (Å²) < 4.78 is 7.97. The fraction of sp³-hybridized carbons (Fsp3) is 0.550. The summed E-state index contributed by atoms with van der Waals surface area (Å²) in [6.07, 6.45) is 5.26. The molecule has 0 unspecified atom stereocenters. The average Bonchev–Trinajstić information content (AvgIpc) is 2.95. The normalized spacial score (nSPS) is 15.2. The number of hydrogen-bond donors (Lipinski definition) is 1. The summed E-state index contributed by atoms with van der Waals surface area (Å²) in [5, 5.41) is 7.63. The van der Waals surface area contributed by atoms with Crippen LogP contribution in [-0.2, 0) is 6.54 Å². The van der Waals surface area contributed by atoms with Gasteiger partial charge in [-0.3, -0.25) is 9.67 Å². The summed E-state index contributed by atoms with van der Waals surface area (Å²) in [5.41, 5.74) is 3.20. The zero-order valence-corrected chi connectivity index (χ0v) is 16.6. The van der Waals surface area contributed by atoms with Gasteiger partial charge in [0, 0.05) is 62.2 Å². The van der Waals surface area contributed by atoms with Crippen molar-refractivity contribution in [2.24, 2.45) is 0 Å². The molecule has 0 radical (unpaired) electrons. The van der Waals surface area contributed by atoms with E-state index in [0.29, 0.717) is 25.7 Å². The Morgan fingerprint density at radius 3 is 2.52 bits per heavy atom. The first-order valence-electron chi connectivity index (χ1n) is 9.59. The van der Waals surface area contributed by atoms with Crippen molar-refractivity contribution >= 4 is 6.03 Å². The second-order valence-corrected chi connectivity index (χ2v) is 7.33. The van der Waals surface area contributed by atoms with Crippen LogP contribution < -0.4 is 10.1 Å². The number of nitrogens with zero attached hydrogens (tertiary/aromatic N) is 4. The van der Waals surface area contributed by atoms with Gasteiger partial charge in [-0.25, -0.2) is 4.79 Å². The van der Waals surface area contributed by atoms with Crippen molar-refractivity contribution in [3.05, 3.63) is 41.5 Å². The van der Waals surface area contributed by atoms with Crippen LogP contribution in [0.25, 0.3) is 0 Å². The molecule has 1 aliphatic heterocycles. The average molecular weight is 371 g/mol. The monoisotopic (exact) mass is 371 g/mol. The Labute approximate surface area is 160 Å². The van der Waals surface area contributed by atoms with E-state index in [-0.39, 0.29) is 12.1 Å². The maximum Gasteiger partial charge on any atom is 0.317 e. The molecular weight excluding hydrogens is 342 g/mol. The van der Waals surface area contributed by atoms with Crippen LogP contribution in [0, 0.1) is 13.8 Å². The van der Waals surface area contributed by atoms with Gasteiger partial charge in [-0.2, -0.15) is 5.10 Å². The van der Waals surface area contributed by atoms with Gasteiger partial charge < -0.3 is 15.0 Å². The Kier molecular flexibility index (Phi) is 5.98. The summed E-state index contributed by atoms with van der Waals surface area (Å²) in [6.45, 7) is 10.2. The van der Waals surface area contributed by atoms with E-state index in [1.54, 1.807) is 12.4 Å². The van der Waals surface area contributed by atoms with Crippen LogP contribution >= 0.6 is 0 Å². The topological polar surface area (TPSA) is 72.3 Å². The third kappa shape index (κ3) is 4.59. The van der Waals surface area contributed by atoms with Gasteiger partial charge in [0.25, 0.3) is 0 Å². The molecule has 27 heavy (non-hydrogen) atoms. The summed E-state index contributed by atoms with van der Waals surface area (Å²) >= 11 is 0. The molecule has 1 aliphatic rings. The molecule has 2 amide bonds. The van der Waals surface area contributed by atoms with Crippen LogP contribution in [0.2, 0.25) is 0 Å². The maximum absolute atomic E-state index is 12.5. The molecule has 1 saturated heterocycles. The number of carbonyl (C=O) groups is 1. The lowest BCUT2D eigenvalue weighted by molar-refractivity contribution is 0.111. The summed E-state index contributed by atoms with van der Waals surface area (Å²) in [5.74, 6) is 0.834. The van der Waals surface area contributed by atoms with E-state index in [1.165, 1.54) is 0 Å². The largest absolute Gasteiger partial charge is 0.490 e. The van der Waals surface area contributed by atoms with Gasteiger partial charge in [-0.05, 0) is 39.8 Å². The third-order valence-electron chi connectivity index (χ3n) is 5.06. The van der Waals surface area contributed by atoms with Gasteiger partial charge in [-0.1, -0.05) is 0 Å². The molecule has 0 saturated carbocycles. The predicted molar refractivity (Wildman–Crippen MR) is 104 cm³/mol. The lowest BCUT2D eigenvalue weighted by atomic mass is 10.1. The number of urea groups is 1. The first-order chi connectivity index (χ1) is 13.0. The highest BCUT2D eigenvalue weighted by molar-refractivity contribution is 5.74. The molecule has 2 aromatic heterocycles. The lowest BCUT2D eigenvalue weighted by Crippen LogP contribution is -2.46. The Morgan fingerprint density at radius 1 is 1.26 bits per heavy atom. The van der Waals surface area contributed by atoms with Crippen molar-refractivity contribution < 1.29 is 9.53 Å². The first-order valence-corrected chi connectivity index (χ1v) is 9.59. The number of aryl methyl sites for hydroxylation is 1. The highest BCUT2D eigenvalue weighted by Crippen LogP contribution is 2.19. The summed E-state index contributed by atoms with van der Waals surface area (Å²) in [6, 6.07) is 4.02. The maximum atomic E-state index is 12.5. The minimum absolute atomic E-state index is 0.0199. The van der Waals surface area contributed by atoms with Crippen molar-refractivity contribution in [3.8, 4) is 5.75 Å².